The number of ether oxygens (including phenoxy) is 1. The average Bonchev–Trinajstić information content (AvgIpc) is 2.67. The quantitative estimate of drug-likeness (QED) is 0.723. The number of hydrogen-bond donors (Lipinski definition) is 1. The van der Waals surface area contributed by atoms with Crippen LogP contribution in [0, 0.1) is 0 Å². The first-order chi connectivity index (χ1) is 7.80. The Bertz CT molecular complexity index is 283. The third-order valence-corrected chi connectivity index (χ3v) is 2.27. The highest BCUT2D eigenvalue weighted by Crippen LogP contribution is 2.03. The van der Waals surface area contributed by atoms with Crippen LogP contribution in [0.4, 0.5) is 0 Å². The molecular weight excluding hydrogens is 206 g/mol. The van der Waals surface area contributed by atoms with Crippen molar-refractivity contribution >= 4 is 0 Å². The molecule has 1 atom stereocenters. The molecule has 0 aliphatic carbocycles. The predicted octanol–water partition coefficient (Wildman–Crippen LogP) is 1.19. The van der Waals surface area contributed by atoms with Crippen LogP contribution in [-0.2, 0) is 17.6 Å². The van der Waals surface area contributed by atoms with Crippen molar-refractivity contribution in [3.05, 3.63) is 11.7 Å². The molecule has 92 valence electrons. The van der Waals surface area contributed by atoms with E-state index in [1.807, 2.05) is 0 Å². The Morgan fingerprint density at radius 3 is 2.88 bits per heavy atom. The summed E-state index contributed by atoms with van der Waals surface area (Å²) in [6.45, 7) is 5.73. The molecule has 1 unspecified atom stereocenters. The van der Waals surface area contributed by atoms with Crippen LogP contribution in [0.15, 0.2) is 4.52 Å². The van der Waals surface area contributed by atoms with Gasteiger partial charge in [-0.05, 0) is 13.0 Å². The molecule has 5 nitrogen and oxygen atoms in total. The van der Waals surface area contributed by atoms with Crippen molar-refractivity contribution in [3.63, 3.8) is 0 Å². The number of hydrogen-bond acceptors (Lipinski definition) is 5. The number of nitrogens with one attached hydrogen (secondary N) is 1. The molecule has 1 N–H and O–H groups in total. The van der Waals surface area contributed by atoms with Gasteiger partial charge < -0.3 is 14.6 Å². The minimum Gasteiger partial charge on any atom is -0.383 e. The highest BCUT2D eigenvalue weighted by Gasteiger charge is 2.13. The van der Waals surface area contributed by atoms with Crippen LogP contribution in [0.1, 0.15) is 32.0 Å². The number of nitrogens with zero attached hydrogens (tertiary/aromatic N) is 2. The standard InChI is InChI=1S/C11H21N3O2/c1-4-6-10-13-11(16-14-10)7-9(8-15-3)12-5-2/h9,12H,4-8H2,1-3H3. The van der Waals surface area contributed by atoms with Gasteiger partial charge in [0, 0.05) is 26.0 Å². The van der Waals surface area contributed by atoms with Gasteiger partial charge in [0.05, 0.1) is 6.61 Å². The van der Waals surface area contributed by atoms with Crippen molar-refractivity contribution < 1.29 is 9.26 Å². The summed E-state index contributed by atoms with van der Waals surface area (Å²) in [5, 5.41) is 7.25. The fraction of sp³-hybridized carbons (Fsp3) is 0.818. The Morgan fingerprint density at radius 2 is 2.25 bits per heavy atom. The third kappa shape index (κ3) is 4.28. The molecule has 1 aromatic heterocycles. The molecule has 0 amide bonds. The summed E-state index contributed by atoms with van der Waals surface area (Å²) in [7, 11) is 1.70. The lowest BCUT2D eigenvalue weighted by Crippen LogP contribution is -2.35. The lowest BCUT2D eigenvalue weighted by atomic mass is 10.2. The van der Waals surface area contributed by atoms with Crippen molar-refractivity contribution in [3.8, 4) is 0 Å². The van der Waals surface area contributed by atoms with E-state index in [0.717, 1.165) is 31.6 Å². The molecule has 5 heteroatoms. The monoisotopic (exact) mass is 227 g/mol. The molecular formula is C11H21N3O2. The summed E-state index contributed by atoms with van der Waals surface area (Å²) in [4.78, 5) is 4.33. The lowest BCUT2D eigenvalue weighted by molar-refractivity contribution is 0.162. The van der Waals surface area contributed by atoms with Gasteiger partial charge in [0.15, 0.2) is 5.82 Å². The zero-order chi connectivity index (χ0) is 11.8. The fourth-order valence-electron chi connectivity index (χ4n) is 1.59. The second-order valence-corrected chi connectivity index (χ2v) is 3.77. The highest BCUT2D eigenvalue weighted by atomic mass is 16.5. The minimum atomic E-state index is 0.241. The molecule has 0 aliphatic heterocycles. The first-order valence-electron chi connectivity index (χ1n) is 5.83. The van der Waals surface area contributed by atoms with Gasteiger partial charge in [0.2, 0.25) is 5.89 Å². The summed E-state index contributed by atoms with van der Waals surface area (Å²) in [5.74, 6) is 1.48. The maximum absolute atomic E-state index is 5.18. The molecule has 0 saturated carbocycles. The van der Waals surface area contributed by atoms with Crippen molar-refractivity contribution in [2.75, 3.05) is 20.3 Å². The molecule has 0 fully saturated rings. The van der Waals surface area contributed by atoms with Gasteiger partial charge in [-0.15, -0.1) is 0 Å². The van der Waals surface area contributed by atoms with Crippen LogP contribution in [0.5, 0.6) is 0 Å². The van der Waals surface area contributed by atoms with Crippen LogP contribution in [0.2, 0.25) is 0 Å². The van der Waals surface area contributed by atoms with Crippen LogP contribution in [0.3, 0.4) is 0 Å². The maximum atomic E-state index is 5.18. The normalized spacial score (nSPS) is 12.9. The lowest BCUT2D eigenvalue weighted by Gasteiger charge is -2.14. The molecule has 1 heterocycles. The van der Waals surface area contributed by atoms with Gasteiger partial charge in [-0.25, -0.2) is 0 Å². The van der Waals surface area contributed by atoms with Crippen LogP contribution in [-0.4, -0.2) is 36.4 Å². The van der Waals surface area contributed by atoms with Crippen LogP contribution in [0.25, 0.3) is 0 Å². The molecule has 0 spiro atoms. The first kappa shape index (κ1) is 13.1. The Kier molecular flexibility index (Phi) is 6.03. The predicted molar refractivity (Wildman–Crippen MR) is 61.3 cm³/mol. The van der Waals surface area contributed by atoms with Crippen LogP contribution >= 0.6 is 0 Å². The van der Waals surface area contributed by atoms with Crippen molar-refractivity contribution in [2.45, 2.75) is 39.2 Å². The van der Waals surface area contributed by atoms with E-state index in [4.69, 9.17) is 9.26 Å². The largest absolute Gasteiger partial charge is 0.383 e. The Labute approximate surface area is 96.6 Å². The van der Waals surface area contributed by atoms with E-state index in [2.05, 4.69) is 29.3 Å². The molecule has 1 aromatic rings. The van der Waals surface area contributed by atoms with Crippen molar-refractivity contribution in [2.24, 2.45) is 0 Å². The van der Waals surface area contributed by atoms with Gasteiger partial charge in [-0.3, -0.25) is 0 Å². The number of likely N-dealkylation sites (N-methyl/N-ethyl adjacent to an activating group) is 1. The van der Waals surface area contributed by atoms with E-state index < -0.39 is 0 Å². The van der Waals surface area contributed by atoms with Gasteiger partial charge in [0.1, 0.15) is 0 Å². The fourth-order valence-corrected chi connectivity index (χ4v) is 1.59. The number of methoxy groups -OCH3 is 1. The number of rotatable bonds is 8. The number of aromatic nitrogens is 2. The first-order valence-corrected chi connectivity index (χ1v) is 5.83. The SMILES string of the molecule is CCCc1noc(CC(COC)NCC)n1. The molecule has 0 saturated heterocycles. The van der Waals surface area contributed by atoms with Crippen molar-refractivity contribution in [1.82, 2.24) is 15.5 Å². The van der Waals surface area contributed by atoms with E-state index >= 15 is 0 Å². The smallest absolute Gasteiger partial charge is 0.228 e. The number of aryl methyl sites for hydroxylation is 1. The molecule has 16 heavy (non-hydrogen) atoms. The minimum absolute atomic E-state index is 0.241. The van der Waals surface area contributed by atoms with Gasteiger partial charge in [-0.1, -0.05) is 19.0 Å². The van der Waals surface area contributed by atoms with E-state index in [1.54, 1.807) is 7.11 Å². The summed E-state index contributed by atoms with van der Waals surface area (Å²) >= 11 is 0. The molecule has 0 aromatic carbocycles. The summed E-state index contributed by atoms with van der Waals surface area (Å²) in [6.07, 6.45) is 2.63. The van der Waals surface area contributed by atoms with E-state index in [-0.39, 0.29) is 6.04 Å². The molecule has 0 bridgehead atoms. The highest BCUT2D eigenvalue weighted by molar-refractivity contribution is 4.89. The zero-order valence-corrected chi connectivity index (χ0v) is 10.3. The van der Waals surface area contributed by atoms with E-state index in [9.17, 15) is 0 Å². The summed E-state index contributed by atoms with van der Waals surface area (Å²) in [6, 6.07) is 0.241. The zero-order valence-electron chi connectivity index (χ0n) is 10.3. The average molecular weight is 227 g/mol. The van der Waals surface area contributed by atoms with E-state index in [0.29, 0.717) is 12.5 Å². The Morgan fingerprint density at radius 1 is 1.44 bits per heavy atom. The molecule has 0 radical (unpaired) electrons. The van der Waals surface area contributed by atoms with Gasteiger partial charge in [0.25, 0.3) is 0 Å². The van der Waals surface area contributed by atoms with Crippen molar-refractivity contribution in [1.29, 1.82) is 0 Å². The van der Waals surface area contributed by atoms with E-state index in [1.165, 1.54) is 0 Å². The molecule has 1 rings (SSSR count). The summed E-state index contributed by atoms with van der Waals surface area (Å²) in [5.41, 5.74) is 0. The summed E-state index contributed by atoms with van der Waals surface area (Å²) < 4.78 is 10.3. The second kappa shape index (κ2) is 7.35. The maximum Gasteiger partial charge on any atom is 0.228 e. The molecule has 0 aliphatic rings. The third-order valence-electron chi connectivity index (χ3n) is 2.27. The second-order valence-electron chi connectivity index (χ2n) is 3.77. The Hall–Kier alpha value is -0.940. The van der Waals surface area contributed by atoms with Crippen LogP contribution < -0.4 is 5.32 Å². The topological polar surface area (TPSA) is 60.2 Å². The van der Waals surface area contributed by atoms with Gasteiger partial charge >= 0.3 is 0 Å². The van der Waals surface area contributed by atoms with Gasteiger partial charge in [-0.2, -0.15) is 4.98 Å². The Balaban J connectivity index is 2.48.